The number of hydrogen-bond acceptors (Lipinski definition) is 3. The van der Waals surface area contributed by atoms with Gasteiger partial charge in [-0.25, -0.2) is 0 Å². The molecule has 1 atom stereocenters. The number of aromatic nitrogens is 1. The van der Waals surface area contributed by atoms with Crippen LogP contribution in [0.4, 0.5) is 0 Å². The Morgan fingerprint density at radius 1 is 1.45 bits per heavy atom. The zero-order valence-electron chi connectivity index (χ0n) is 6.27. The molecule has 1 aromatic rings. The lowest BCUT2D eigenvalue weighted by Crippen LogP contribution is -2.06. The summed E-state index contributed by atoms with van der Waals surface area (Å²) < 4.78 is 0. The number of nitrogens with two attached hydrogens (primary N) is 1. The quantitative estimate of drug-likeness (QED) is 0.661. The van der Waals surface area contributed by atoms with Gasteiger partial charge in [0.2, 0.25) is 0 Å². The molecule has 11 heavy (non-hydrogen) atoms. The van der Waals surface area contributed by atoms with E-state index in [0.717, 1.165) is 5.56 Å². The zero-order valence-corrected chi connectivity index (χ0v) is 6.27. The molecule has 0 unspecified atom stereocenters. The van der Waals surface area contributed by atoms with Crippen molar-refractivity contribution in [3.8, 4) is 0 Å². The summed E-state index contributed by atoms with van der Waals surface area (Å²) in [6, 6.07) is 3.58. The SMILES string of the molecule is NCC[C@H](O)c1ccncc1. The van der Waals surface area contributed by atoms with Gasteiger partial charge in [0.05, 0.1) is 6.10 Å². The van der Waals surface area contributed by atoms with Crippen LogP contribution in [0, 0.1) is 0 Å². The molecule has 0 amide bonds. The first-order valence-corrected chi connectivity index (χ1v) is 3.62. The Balaban J connectivity index is 2.61. The maximum atomic E-state index is 9.41. The second kappa shape index (κ2) is 4.05. The van der Waals surface area contributed by atoms with Crippen LogP contribution in [0.15, 0.2) is 24.5 Å². The molecular weight excluding hydrogens is 140 g/mol. The number of hydrogen-bond donors (Lipinski definition) is 2. The van der Waals surface area contributed by atoms with E-state index in [-0.39, 0.29) is 0 Å². The largest absolute Gasteiger partial charge is 0.388 e. The van der Waals surface area contributed by atoms with Crippen molar-refractivity contribution in [2.45, 2.75) is 12.5 Å². The van der Waals surface area contributed by atoms with Crippen LogP contribution in [0.5, 0.6) is 0 Å². The summed E-state index contributed by atoms with van der Waals surface area (Å²) in [5, 5.41) is 9.41. The van der Waals surface area contributed by atoms with Gasteiger partial charge in [0, 0.05) is 12.4 Å². The predicted octanol–water partition coefficient (Wildman–Crippen LogP) is 0.464. The van der Waals surface area contributed by atoms with Crippen molar-refractivity contribution in [1.82, 2.24) is 4.98 Å². The van der Waals surface area contributed by atoms with Crippen LogP contribution in [0.2, 0.25) is 0 Å². The van der Waals surface area contributed by atoms with Gasteiger partial charge in [-0.3, -0.25) is 4.98 Å². The van der Waals surface area contributed by atoms with Gasteiger partial charge in [-0.1, -0.05) is 0 Å². The third kappa shape index (κ3) is 2.29. The predicted molar refractivity (Wildman–Crippen MR) is 42.9 cm³/mol. The Morgan fingerprint density at radius 2 is 2.09 bits per heavy atom. The second-order valence-electron chi connectivity index (χ2n) is 2.37. The average molecular weight is 152 g/mol. The molecule has 3 nitrogen and oxygen atoms in total. The highest BCUT2D eigenvalue weighted by Crippen LogP contribution is 2.13. The Kier molecular flexibility index (Phi) is 3.01. The molecule has 0 spiro atoms. The van der Waals surface area contributed by atoms with E-state index < -0.39 is 6.10 Å². The van der Waals surface area contributed by atoms with E-state index in [1.54, 1.807) is 24.5 Å². The van der Waals surface area contributed by atoms with E-state index in [9.17, 15) is 5.11 Å². The molecule has 0 saturated carbocycles. The van der Waals surface area contributed by atoms with Crippen molar-refractivity contribution < 1.29 is 5.11 Å². The highest BCUT2D eigenvalue weighted by molar-refractivity contribution is 5.12. The van der Waals surface area contributed by atoms with Gasteiger partial charge in [0.15, 0.2) is 0 Å². The molecule has 0 radical (unpaired) electrons. The monoisotopic (exact) mass is 152 g/mol. The van der Waals surface area contributed by atoms with E-state index >= 15 is 0 Å². The van der Waals surface area contributed by atoms with Crippen molar-refractivity contribution >= 4 is 0 Å². The minimum Gasteiger partial charge on any atom is -0.388 e. The molecule has 0 saturated heterocycles. The van der Waals surface area contributed by atoms with Gasteiger partial charge in [-0.15, -0.1) is 0 Å². The third-order valence-corrected chi connectivity index (χ3v) is 1.53. The Morgan fingerprint density at radius 3 is 2.64 bits per heavy atom. The molecular formula is C8H12N2O. The van der Waals surface area contributed by atoms with Crippen LogP contribution >= 0.6 is 0 Å². The smallest absolute Gasteiger partial charge is 0.0803 e. The lowest BCUT2D eigenvalue weighted by Gasteiger charge is -2.07. The van der Waals surface area contributed by atoms with Crippen LogP contribution in [0.1, 0.15) is 18.1 Å². The molecule has 1 heterocycles. The molecule has 3 N–H and O–H groups in total. The number of pyridine rings is 1. The van der Waals surface area contributed by atoms with E-state index in [1.807, 2.05) is 0 Å². The minimum absolute atomic E-state index is 0.442. The first-order chi connectivity index (χ1) is 5.34. The first kappa shape index (κ1) is 8.17. The van der Waals surface area contributed by atoms with Gasteiger partial charge >= 0.3 is 0 Å². The van der Waals surface area contributed by atoms with E-state index in [2.05, 4.69) is 4.98 Å². The highest BCUT2D eigenvalue weighted by atomic mass is 16.3. The minimum atomic E-state index is -0.442. The van der Waals surface area contributed by atoms with Crippen LogP contribution in [0.25, 0.3) is 0 Å². The molecule has 3 heteroatoms. The lowest BCUT2D eigenvalue weighted by atomic mass is 10.1. The summed E-state index contributed by atoms with van der Waals surface area (Å²) in [7, 11) is 0. The van der Waals surface area contributed by atoms with Crippen molar-refractivity contribution in [3.63, 3.8) is 0 Å². The molecule has 0 bridgehead atoms. The number of nitrogens with zero attached hydrogens (tertiary/aromatic N) is 1. The lowest BCUT2D eigenvalue weighted by molar-refractivity contribution is 0.170. The number of aliphatic hydroxyl groups is 1. The fourth-order valence-electron chi connectivity index (χ4n) is 0.910. The van der Waals surface area contributed by atoms with Crippen LogP contribution < -0.4 is 5.73 Å². The van der Waals surface area contributed by atoms with Gasteiger partial charge in [-0.05, 0) is 30.7 Å². The summed E-state index contributed by atoms with van der Waals surface area (Å²) in [5.41, 5.74) is 6.17. The molecule has 0 aliphatic heterocycles. The molecule has 1 rings (SSSR count). The standard InChI is InChI=1S/C8H12N2O/c9-4-1-8(11)7-2-5-10-6-3-7/h2-3,5-6,8,11H,1,4,9H2/t8-/m0/s1. The summed E-state index contributed by atoms with van der Waals surface area (Å²) in [5.74, 6) is 0. The number of rotatable bonds is 3. The fraction of sp³-hybridized carbons (Fsp3) is 0.375. The Labute approximate surface area is 65.9 Å². The average Bonchev–Trinajstić information content (AvgIpc) is 2.07. The van der Waals surface area contributed by atoms with E-state index in [0.29, 0.717) is 13.0 Å². The van der Waals surface area contributed by atoms with Crippen molar-refractivity contribution in [2.75, 3.05) is 6.54 Å². The van der Waals surface area contributed by atoms with Crippen molar-refractivity contribution in [1.29, 1.82) is 0 Å². The maximum Gasteiger partial charge on any atom is 0.0803 e. The van der Waals surface area contributed by atoms with E-state index in [1.165, 1.54) is 0 Å². The molecule has 0 fully saturated rings. The summed E-state index contributed by atoms with van der Waals surface area (Å²) in [6.45, 7) is 0.503. The summed E-state index contributed by atoms with van der Waals surface area (Å²) >= 11 is 0. The maximum absolute atomic E-state index is 9.41. The van der Waals surface area contributed by atoms with E-state index in [4.69, 9.17) is 5.73 Å². The first-order valence-electron chi connectivity index (χ1n) is 3.62. The van der Waals surface area contributed by atoms with Gasteiger partial charge in [0.25, 0.3) is 0 Å². The molecule has 0 aromatic carbocycles. The Bertz CT molecular complexity index is 201. The van der Waals surface area contributed by atoms with Gasteiger partial charge in [0.1, 0.15) is 0 Å². The topological polar surface area (TPSA) is 59.1 Å². The molecule has 1 aromatic heterocycles. The van der Waals surface area contributed by atoms with Crippen molar-refractivity contribution in [2.24, 2.45) is 5.73 Å². The van der Waals surface area contributed by atoms with Crippen molar-refractivity contribution in [3.05, 3.63) is 30.1 Å². The Hall–Kier alpha value is -0.930. The zero-order chi connectivity index (χ0) is 8.10. The summed E-state index contributed by atoms with van der Waals surface area (Å²) in [4.78, 5) is 3.85. The fourth-order valence-corrected chi connectivity index (χ4v) is 0.910. The summed E-state index contributed by atoms with van der Waals surface area (Å²) in [6.07, 6.45) is 3.48. The normalized spacial score (nSPS) is 12.9. The van der Waals surface area contributed by atoms with Gasteiger partial charge in [-0.2, -0.15) is 0 Å². The number of aliphatic hydroxyl groups excluding tert-OH is 1. The molecule has 0 aliphatic rings. The van der Waals surface area contributed by atoms with Crippen LogP contribution in [-0.4, -0.2) is 16.6 Å². The van der Waals surface area contributed by atoms with Crippen LogP contribution in [-0.2, 0) is 0 Å². The molecule has 0 aliphatic carbocycles. The highest BCUT2D eigenvalue weighted by Gasteiger charge is 2.03. The van der Waals surface area contributed by atoms with Gasteiger partial charge < -0.3 is 10.8 Å². The molecule has 60 valence electrons. The van der Waals surface area contributed by atoms with Crippen LogP contribution in [0.3, 0.4) is 0 Å². The second-order valence-corrected chi connectivity index (χ2v) is 2.37. The third-order valence-electron chi connectivity index (χ3n) is 1.53.